The number of nitrogens with zero attached hydrogens (tertiary/aromatic N) is 1. The maximum atomic E-state index is 11.8. The first kappa shape index (κ1) is 20.0. The quantitative estimate of drug-likeness (QED) is 0.360. The molecule has 9 heteroatoms. The number of thiazole rings is 1. The Hall–Kier alpha value is -1.74. The molecule has 1 aromatic carbocycles. The van der Waals surface area contributed by atoms with Crippen LogP contribution in [0.5, 0.6) is 11.5 Å². The summed E-state index contributed by atoms with van der Waals surface area (Å²) in [4.78, 5) is 17.1. The van der Waals surface area contributed by atoms with Crippen molar-refractivity contribution in [3.8, 4) is 33.3 Å². The number of rotatable bonds is 6. The molecule has 0 saturated heterocycles. The van der Waals surface area contributed by atoms with Gasteiger partial charge in [0.25, 0.3) is 0 Å². The van der Waals surface area contributed by atoms with E-state index in [0.717, 1.165) is 26.0 Å². The summed E-state index contributed by atoms with van der Waals surface area (Å²) >= 11 is 10.9. The van der Waals surface area contributed by atoms with E-state index >= 15 is 0 Å². The third kappa shape index (κ3) is 3.94. The molecule has 27 heavy (non-hydrogen) atoms. The third-order valence-electron chi connectivity index (χ3n) is 3.75. The number of hydrogen-bond acceptors (Lipinski definition) is 8. The lowest BCUT2D eigenvalue weighted by atomic mass is 10.1. The van der Waals surface area contributed by atoms with Crippen molar-refractivity contribution < 1.29 is 19.0 Å². The van der Waals surface area contributed by atoms with Crippen molar-refractivity contribution in [2.45, 2.75) is 4.21 Å². The van der Waals surface area contributed by atoms with Gasteiger partial charge in [-0.1, -0.05) is 11.6 Å². The SMILES string of the molecule is COC(=O)c1cc(-c2nc(-c3cc(OC)c(OC)cc3Cl)cs2)c(SC)s1. The summed E-state index contributed by atoms with van der Waals surface area (Å²) < 4.78 is 16.5. The van der Waals surface area contributed by atoms with Gasteiger partial charge in [0.15, 0.2) is 11.5 Å². The summed E-state index contributed by atoms with van der Waals surface area (Å²) in [5.41, 5.74) is 2.41. The molecule has 0 unspecified atom stereocenters. The van der Waals surface area contributed by atoms with E-state index in [0.29, 0.717) is 21.4 Å². The monoisotopic (exact) mass is 441 g/mol. The Morgan fingerprint density at radius 2 is 1.81 bits per heavy atom. The fourth-order valence-corrected chi connectivity index (χ4v) is 5.46. The topological polar surface area (TPSA) is 57.7 Å². The largest absolute Gasteiger partial charge is 0.493 e. The van der Waals surface area contributed by atoms with Gasteiger partial charge in [-0.3, -0.25) is 0 Å². The van der Waals surface area contributed by atoms with Crippen LogP contribution in [0.4, 0.5) is 0 Å². The number of halogens is 1. The Morgan fingerprint density at radius 1 is 1.11 bits per heavy atom. The number of thioether (sulfide) groups is 1. The molecule has 142 valence electrons. The highest BCUT2D eigenvalue weighted by Gasteiger charge is 2.20. The van der Waals surface area contributed by atoms with Gasteiger partial charge in [-0.15, -0.1) is 34.4 Å². The average Bonchev–Trinajstić information content (AvgIpc) is 3.33. The lowest BCUT2D eigenvalue weighted by molar-refractivity contribution is 0.0606. The van der Waals surface area contributed by atoms with Crippen molar-refractivity contribution in [3.05, 3.63) is 33.5 Å². The van der Waals surface area contributed by atoms with E-state index in [1.54, 1.807) is 32.0 Å². The van der Waals surface area contributed by atoms with Crippen LogP contribution in [0.3, 0.4) is 0 Å². The number of esters is 1. The van der Waals surface area contributed by atoms with Crippen molar-refractivity contribution >= 4 is 52.0 Å². The van der Waals surface area contributed by atoms with Gasteiger partial charge in [-0.05, 0) is 18.4 Å². The number of methoxy groups -OCH3 is 3. The van der Waals surface area contributed by atoms with Gasteiger partial charge in [-0.25, -0.2) is 9.78 Å². The Kier molecular flexibility index (Phi) is 6.31. The van der Waals surface area contributed by atoms with Gasteiger partial charge in [-0.2, -0.15) is 0 Å². The first-order valence-corrected chi connectivity index (χ1v) is 11.0. The number of aromatic nitrogens is 1. The standard InChI is InChI=1S/C18H16ClNO4S3/c1-22-13-5-9(11(19)7-14(13)23-2)12-8-26-16(20-12)10-6-15(17(21)24-3)27-18(10)25-4/h5-8H,1-4H3. The zero-order valence-electron chi connectivity index (χ0n) is 15.0. The molecule has 0 saturated carbocycles. The van der Waals surface area contributed by atoms with E-state index in [-0.39, 0.29) is 5.97 Å². The molecule has 0 radical (unpaired) electrons. The maximum absolute atomic E-state index is 11.8. The van der Waals surface area contributed by atoms with Gasteiger partial charge in [0.1, 0.15) is 9.88 Å². The van der Waals surface area contributed by atoms with E-state index in [9.17, 15) is 4.79 Å². The number of carbonyl (C=O) groups is 1. The summed E-state index contributed by atoms with van der Waals surface area (Å²) in [6, 6.07) is 5.34. The van der Waals surface area contributed by atoms with Gasteiger partial charge in [0, 0.05) is 22.6 Å². The second kappa shape index (κ2) is 8.52. The minimum Gasteiger partial charge on any atom is -0.493 e. The molecule has 0 N–H and O–H groups in total. The van der Waals surface area contributed by atoms with Crippen LogP contribution in [0.15, 0.2) is 27.8 Å². The highest BCUT2D eigenvalue weighted by Crippen LogP contribution is 2.43. The number of thiophene rings is 1. The summed E-state index contributed by atoms with van der Waals surface area (Å²) in [5.74, 6) is 0.799. The summed E-state index contributed by atoms with van der Waals surface area (Å²) in [6.45, 7) is 0. The zero-order valence-corrected chi connectivity index (χ0v) is 18.2. The van der Waals surface area contributed by atoms with Crippen LogP contribution < -0.4 is 9.47 Å². The third-order valence-corrected chi connectivity index (χ3v) is 7.19. The van der Waals surface area contributed by atoms with Gasteiger partial charge < -0.3 is 14.2 Å². The molecule has 2 aromatic heterocycles. The second-order valence-corrected chi connectivity index (χ2v) is 8.62. The van der Waals surface area contributed by atoms with Crippen LogP contribution >= 0.6 is 46.0 Å². The molecule has 5 nitrogen and oxygen atoms in total. The van der Waals surface area contributed by atoms with Crippen molar-refractivity contribution in [1.82, 2.24) is 4.98 Å². The Labute approximate surface area is 174 Å². The van der Waals surface area contributed by atoms with E-state index < -0.39 is 0 Å². The average molecular weight is 442 g/mol. The first-order valence-electron chi connectivity index (χ1n) is 7.66. The molecule has 0 spiro atoms. The van der Waals surface area contributed by atoms with Crippen LogP contribution in [0.1, 0.15) is 9.67 Å². The molecule has 3 rings (SSSR count). The normalized spacial score (nSPS) is 10.7. The fraction of sp³-hybridized carbons (Fsp3) is 0.222. The van der Waals surface area contributed by atoms with E-state index in [1.807, 2.05) is 23.8 Å². The van der Waals surface area contributed by atoms with Crippen molar-refractivity contribution in [2.24, 2.45) is 0 Å². The zero-order chi connectivity index (χ0) is 19.6. The molecular weight excluding hydrogens is 426 g/mol. The predicted molar refractivity (Wildman–Crippen MR) is 112 cm³/mol. The van der Waals surface area contributed by atoms with Crippen LogP contribution in [0.2, 0.25) is 5.02 Å². The summed E-state index contributed by atoms with van der Waals surface area (Å²) in [6.07, 6.45) is 1.97. The lowest BCUT2D eigenvalue weighted by Gasteiger charge is -2.10. The second-order valence-electron chi connectivity index (χ2n) is 5.23. The molecular formula is C18H16ClNO4S3. The lowest BCUT2D eigenvalue weighted by Crippen LogP contribution is -1.96. The minimum absolute atomic E-state index is 0.346. The highest BCUT2D eigenvalue weighted by atomic mass is 35.5. The molecule has 0 aliphatic carbocycles. The number of carbonyl (C=O) groups excluding carboxylic acids is 1. The van der Waals surface area contributed by atoms with E-state index in [4.69, 9.17) is 30.8 Å². The molecule has 0 aliphatic heterocycles. The van der Waals surface area contributed by atoms with Gasteiger partial charge in [0.2, 0.25) is 0 Å². The fourth-order valence-electron chi connectivity index (χ4n) is 2.45. The van der Waals surface area contributed by atoms with Crippen molar-refractivity contribution in [1.29, 1.82) is 0 Å². The van der Waals surface area contributed by atoms with Crippen LogP contribution in [0.25, 0.3) is 21.8 Å². The minimum atomic E-state index is -0.346. The summed E-state index contributed by atoms with van der Waals surface area (Å²) in [7, 11) is 4.52. The molecule has 0 fully saturated rings. The smallest absolute Gasteiger partial charge is 0.348 e. The number of hydrogen-bond donors (Lipinski definition) is 0. The molecule has 0 aliphatic rings. The van der Waals surface area contributed by atoms with Crippen LogP contribution in [0, 0.1) is 0 Å². The van der Waals surface area contributed by atoms with E-state index in [2.05, 4.69) is 0 Å². The number of benzene rings is 1. The Balaban J connectivity index is 2.03. The Morgan fingerprint density at radius 3 is 2.44 bits per heavy atom. The highest BCUT2D eigenvalue weighted by molar-refractivity contribution is 8.00. The van der Waals surface area contributed by atoms with Crippen LogP contribution in [-0.2, 0) is 4.74 Å². The Bertz CT molecular complexity index is 983. The molecule has 2 heterocycles. The van der Waals surface area contributed by atoms with Crippen molar-refractivity contribution in [2.75, 3.05) is 27.6 Å². The predicted octanol–water partition coefficient (Wildman–Crippen LogP) is 5.72. The molecule has 0 amide bonds. The van der Waals surface area contributed by atoms with Gasteiger partial charge in [0.05, 0.1) is 36.3 Å². The first-order chi connectivity index (χ1) is 13.0. The molecule has 0 bridgehead atoms. The van der Waals surface area contributed by atoms with Crippen LogP contribution in [-0.4, -0.2) is 38.5 Å². The maximum Gasteiger partial charge on any atom is 0.348 e. The summed E-state index contributed by atoms with van der Waals surface area (Å²) in [5, 5.41) is 3.27. The van der Waals surface area contributed by atoms with Gasteiger partial charge >= 0.3 is 5.97 Å². The van der Waals surface area contributed by atoms with Crippen molar-refractivity contribution in [3.63, 3.8) is 0 Å². The molecule has 3 aromatic rings. The molecule has 0 atom stereocenters. The van der Waals surface area contributed by atoms with E-state index in [1.165, 1.54) is 29.8 Å². The number of ether oxygens (including phenoxy) is 3.